The Bertz CT molecular complexity index is 850. The molecule has 1 heterocycles. The highest BCUT2D eigenvalue weighted by Crippen LogP contribution is 2.28. The number of hydrogen-bond acceptors (Lipinski definition) is 5. The van der Waals surface area contributed by atoms with Crippen LogP contribution in [-0.2, 0) is 16.1 Å². The molecular weight excluding hydrogens is 360 g/mol. The lowest BCUT2D eigenvalue weighted by molar-refractivity contribution is -0.126. The first-order valence-corrected chi connectivity index (χ1v) is 8.98. The maximum Gasteiger partial charge on any atom is 0.227 e. The highest BCUT2D eigenvalue weighted by atomic mass is 16.5. The lowest BCUT2D eigenvalue weighted by atomic mass is 10.1. The average Bonchev–Trinajstić information content (AvgIpc) is 3.13. The molecule has 3 rings (SSSR count). The Morgan fingerprint density at radius 2 is 1.71 bits per heavy atom. The van der Waals surface area contributed by atoms with Crippen LogP contribution < -0.4 is 24.4 Å². The Labute approximate surface area is 164 Å². The lowest BCUT2D eigenvalue weighted by Crippen LogP contribution is -2.32. The van der Waals surface area contributed by atoms with E-state index >= 15 is 0 Å². The molecule has 1 aliphatic rings. The van der Waals surface area contributed by atoms with Gasteiger partial charge in [-0.2, -0.15) is 0 Å². The normalized spacial score (nSPS) is 16.0. The summed E-state index contributed by atoms with van der Waals surface area (Å²) in [5.41, 5.74) is 1.60. The molecule has 1 fully saturated rings. The quantitative estimate of drug-likeness (QED) is 0.793. The van der Waals surface area contributed by atoms with Gasteiger partial charge in [0.15, 0.2) is 0 Å². The van der Waals surface area contributed by atoms with Crippen LogP contribution in [0.2, 0.25) is 0 Å². The van der Waals surface area contributed by atoms with Crippen LogP contribution in [0.5, 0.6) is 17.2 Å². The van der Waals surface area contributed by atoms with Gasteiger partial charge in [0, 0.05) is 36.8 Å². The molecule has 148 valence electrons. The van der Waals surface area contributed by atoms with E-state index in [1.807, 2.05) is 24.3 Å². The molecule has 2 amide bonds. The van der Waals surface area contributed by atoms with Crippen LogP contribution in [-0.4, -0.2) is 39.7 Å². The predicted molar refractivity (Wildman–Crippen MR) is 105 cm³/mol. The Kier molecular flexibility index (Phi) is 6.03. The summed E-state index contributed by atoms with van der Waals surface area (Å²) in [5.74, 6) is 1.44. The van der Waals surface area contributed by atoms with Gasteiger partial charge in [-0.05, 0) is 36.4 Å². The fraction of sp³-hybridized carbons (Fsp3) is 0.333. The summed E-state index contributed by atoms with van der Waals surface area (Å²) < 4.78 is 15.7. The van der Waals surface area contributed by atoms with E-state index in [4.69, 9.17) is 14.2 Å². The van der Waals surface area contributed by atoms with Crippen molar-refractivity contribution in [1.82, 2.24) is 5.32 Å². The first kappa shape index (κ1) is 19.5. The fourth-order valence-corrected chi connectivity index (χ4v) is 3.22. The van der Waals surface area contributed by atoms with Crippen molar-refractivity contribution < 1.29 is 23.8 Å². The monoisotopic (exact) mass is 384 g/mol. The number of carbonyl (C=O) groups excluding carboxylic acids is 2. The van der Waals surface area contributed by atoms with Gasteiger partial charge in [0.25, 0.3) is 0 Å². The summed E-state index contributed by atoms with van der Waals surface area (Å²) in [7, 11) is 4.75. The van der Waals surface area contributed by atoms with Gasteiger partial charge in [-0.25, -0.2) is 0 Å². The molecule has 0 aliphatic carbocycles. The molecular formula is C21H24N2O5. The number of anilines is 1. The lowest BCUT2D eigenvalue weighted by Gasteiger charge is -2.17. The highest BCUT2D eigenvalue weighted by molar-refractivity contribution is 6.00. The van der Waals surface area contributed by atoms with Gasteiger partial charge in [-0.1, -0.05) is 0 Å². The maximum atomic E-state index is 12.6. The van der Waals surface area contributed by atoms with Crippen molar-refractivity contribution in [3.8, 4) is 17.2 Å². The van der Waals surface area contributed by atoms with Crippen molar-refractivity contribution in [3.05, 3.63) is 48.0 Å². The highest BCUT2D eigenvalue weighted by Gasteiger charge is 2.35. The first-order chi connectivity index (χ1) is 13.5. The van der Waals surface area contributed by atoms with Crippen LogP contribution in [0.25, 0.3) is 0 Å². The Hall–Kier alpha value is -3.22. The third kappa shape index (κ3) is 4.19. The number of methoxy groups -OCH3 is 3. The maximum absolute atomic E-state index is 12.6. The molecule has 0 spiro atoms. The largest absolute Gasteiger partial charge is 0.497 e. The van der Waals surface area contributed by atoms with Crippen LogP contribution >= 0.6 is 0 Å². The van der Waals surface area contributed by atoms with E-state index in [-0.39, 0.29) is 24.2 Å². The third-order valence-corrected chi connectivity index (χ3v) is 4.83. The third-order valence-electron chi connectivity index (χ3n) is 4.83. The molecule has 0 bridgehead atoms. The standard InChI is InChI=1S/C21H24N2O5/c1-26-17-8-5-16(6-9-17)23-13-15(10-20(23)24)21(25)22-12-14-4-7-18(27-2)11-19(14)28-3/h4-9,11,15H,10,12-13H2,1-3H3,(H,22,25). The number of nitrogens with one attached hydrogen (secondary N) is 1. The Balaban J connectivity index is 1.61. The van der Waals surface area contributed by atoms with Gasteiger partial charge in [0.1, 0.15) is 17.2 Å². The van der Waals surface area contributed by atoms with E-state index in [2.05, 4.69) is 5.32 Å². The van der Waals surface area contributed by atoms with E-state index in [0.717, 1.165) is 17.0 Å². The SMILES string of the molecule is COc1ccc(N2CC(C(=O)NCc3ccc(OC)cc3OC)CC2=O)cc1. The molecule has 0 saturated carbocycles. The molecule has 2 aromatic carbocycles. The van der Waals surface area contributed by atoms with Crippen molar-refractivity contribution in [2.24, 2.45) is 5.92 Å². The van der Waals surface area contributed by atoms with Gasteiger partial charge < -0.3 is 24.4 Å². The molecule has 1 atom stereocenters. The summed E-state index contributed by atoms with van der Waals surface area (Å²) in [4.78, 5) is 26.6. The zero-order valence-corrected chi connectivity index (χ0v) is 16.2. The summed E-state index contributed by atoms with van der Waals surface area (Å²) in [6, 6.07) is 12.7. The molecule has 7 nitrogen and oxygen atoms in total. The molecule has 2 aromatic rings. The second kappa shape index (κ2) is 8.65. The van der Waals surface area contributed by atoms with Crippen LogP contribution in [0.1, 0.15) is 12.0 Å². The number of hydrogen-bond donors (Lipinski definition) is 1. The predicted octanol–water partition coefficient (Wildman–Crippen LogP) is 2.38. The topological polar surface area (TPSA) is 77.1 Å². The van der Waals surface area contributed by atoms with Crippen molar-refractivity contribution in [1.29, 1.82) is 0 Å². The van der Waals surface area contributed by atoms with Gasteiger partial charge in [-0.15, -0.1) is 0 Å². The number of nitrogens with zero attached hydrogens (tertiary/aromatic N) is 1. The second-order valence-corrected chi connectivity index (χ2v) is 6.50. The average molecular weight is 384 g/mol. The summed E-state index contributed by atoms with van der Waals surface area (Å²) in [6.45, 7) is 0.677. The van der Waals surface area contributed by atoms with Gasteiger partial charge >= 0.3 is 0 Å². The number of benzene rings is 2. The van der Waals surface area contributed by atoms with E-state index in [1.165, 1.54) is 0 Å². The molecule has 1 N–H and O–H groups in total. The number of carbonyl (C=O) groups is 2. The molecule has 1 aliphatic heterocycles. The van der Waals surface area contributed by atoms with E-state index in [1.54, 1.807) is 44.4 Å². The van der Waals surface area contributed by atoms with Crippen LogP contribution in [0, 0.1) is 5.92 Å². The summed E-state index contributed by atoms with van der Waals surface area (Å²) >= 11 is 0. The smallest absolute Gasteiger partial charge is 0.227 e. The summed E-state index contributed by atoms with van der Waals surface area (Å²) in [6.07, 6.45) is 0.192. The molecule has 28 heavy (non-hydrogen) atoms. The van der Waals surface area contributed by atoms with E-state index in [0.29, 0.717) is 24.6 Å². The number of amides is 2. The van der Waals surface area contributed by atoms with E-state index < -0.39 is 0 Å². The Morgan fingerprint density at radius 1 is 1.04 bits per heavy atom. The van der Waals surface area contributed by atoms with Gasteiger partial charge in [0.2, 0.25) is 11.8 Å². The van der Waals surface area contributed by atoms with Gasteiger partial charge in [0.05, 0.1) is 27.2 Å². The van der Waals surface area contributed by atoms with Crippen molar-refractivity contribution >= 4 is 17.5 Å². The zero-order chi connectivity index (χ0) is 20.1. The van der Waals surface area contributed by atoms with Crippen molar-refractivity contribution in [2.75, 3.05) is 32.8 Å². The second-order valence-electron chi connectivity index (χ2n) is 6.50. The number of rotatable bonds is 7. The fourth-order valence-electron chi connectivity index (χ4n) is 3.22. The molecule has 1 saturated heterocycles. The van der Waals surface area contributed by atoms with E-state index in [9.17, 15) is 9.59 Å². The van der Waals surface area contributed by atoms with Gasteiger partial charge in [-0.3, -0.25) is 9.59 Å². The first-order valence-electron chi connectivity index (χ1n) is 8.98. The van der Waals surface area contributed by atoms with Crippen LogP contribution in [0.3, 0.4) is 0 Å². The minimum atomic E-state index is -0.390. The molecule has 0 aromatic heterocycles. The van der Waals surface area contributed by atoms with Crippen molar-refractivity contribution in [2.45, 2.75) is 13.0 Å². The zero-order valence-electron chi connectivity index (χ0n) is 16.2. The summed E-state index contributed by atoms with van der Waals surface area (Å²) in [5, 5.41) is 2.91. The molecule has 1 unspecified atom stereocenters. The van der Waals surface area contributed by atoms with Crippen LogP contribution in [0.4, 0.5) is 5.69 Å². The van der Waals surface area contributed by atoms with Crippen molar-refractivity contribution in [3.63, 3.8) is 0 Å². The Morgan fingerprint density at radius 3 is 2.36 bits per heavy atom. The molecule has 7 heteroatoms. The minimum absolute atomic E-state index is 0.0626. The molecule has 0 radical (unpaired) electrons. The van der Waals surface area contributed by atoms with Crippen LogP contribution in [0.15, 0.2) is 42.5 Å². The number of ether oxygens (including phenoxy) is 3. The minimum Gasteiger partial charge on any atom is -0.497 e.